The number of anilines is 1. The number of rotatable bonds is 6. The number of non-ortho nitro benzene ring substituents is 1. The van der Waals surface area contributed by atoms with E-state index < -0.39 is 33.8 Å². The highest BCUT2D eigenvalue weighted by Gasteiger charge is 2.56. The Balaban J connectivity index is 1.40. The van der Waals surface area contributed by atoms with Crippen molar-refractivity contribution in [1.29, 1.82) is 0 Å². The molecule has 2 aliphatic heterocycles. The number of carbonyl (C=O) groups excluding carboxylic acids is 2. The third-order valence-electron chi connectivity index (χ3n) is 6.87. The zero-order valence-corrected chi connectivity index (χ0v) is 22.2. The Labute approximate surface area is 230 Å². The first-order valence-corrected chi connectivity index (χ1v) is 13.8. The maximum Gasteiger partial charge on any atom is 0.305 e. The van der Waals surface area contributed by atoms with Gasteiger partial charge in [-0.3, -0.25) is 24.5 Å². The summed E-state index contributed by atoms with van der Waals surface area (Å²) in [5.74, 6) is -1.67. The van der Waals surface area contributed by atoms with Crippen LogP contribution in [0, 0.1) is 23.0 Å². The average Bonchev–Trinajstić information content (AvgIpc) is 3.42. The summed E-state index contributed by atoms with van der Waals surface area (Å²) < 4.78 is 6.25. The molecule has 2 amide bonds. The molecule has 196 valence electrons. The summed E-state index contributed by atoms with van der Waals surface area (Å²) in [6.45, 7) is 2.32. The molecule has 2 unspecified atom stereocenters. The van der Waals surface area contributed by atoms with Crippen LogP contribution in [0.4, 0.5) is 11.4 Å². The van der Waals surface area contributed by atoms with Gasteiger partial charge >= 0.3 is 4.87 Å². The van der Waals surface area contributed by atoms with Crippen LogP contribution in [-0.2, 0) is 16.2 Å². The van der Waals surface area contributed by atoms with Gasteiger partial charge in [0.05, 0.1) is 21.6 Å². The summed E-state index contributed by atoms with van der Waals surface area (Å²) in [5.41, 5.74) is 2.95. The number of nitro groups is 1. The number of fused-ring (bicyclic) bond motifs is 2. The molecule has 0 saturated carbocycles. The number of H-pyrrole nitrogens is 1. The second kappa shape index (κ2) is 9.83. The van der Waals surface area contributed by atoms with Gasteiger partial charge in [0, 0.05) is 28.5 Å². The number of carbonyl (C=O) groups is 2. The van der Waals surface area contributed by atoms with Crippen LogP contribution >= 0.6 is 23.1 Å². The minimum absolute atomic E-state index is 0.137. The van der Waals surface area contributed by atoms with Gasteiger partial charge in [0.25, 0.3) is 5.69 Å². The van der Waals surface area contributed by atoms with Crippen molar-refractivity contribution < 1.29 is 19.2 Å². The third kappa shape index (κ3) is 4.43. The van der Waals surface area contributed by atoms with Gasteiger partial charge in [-0.1, -0.05) is 71.1 Å². The number of hydrogen-bond acceptors (Lipinski definition) is 8. The normalized spacial score (nSPS) is 20.0. The predicted molar refractivity (Wildman–Crippen MR) is 147 cm³/mol. The first kappa shape index (κ1) is 25.1. The number of aromatic nitrogens is 1. The molecule has 1 aromatic heterocycles. The van der Waals surface area contributed by atoms with E-state index in [0.717, 1.165) is 27.4 Å². The lowest BCUT2D eigenvalue weighted by Gasteiger charge is -2.30. The van der Waals surface area contributed by atoms with Crippen LogP contribution in [0.3, 0.4) is 0 Å². The van der Waals surface area contributed by atoms with Gasteiger partial charge in [-0.05, 0) is 30.7 Å². The molecule has 1 saturated heterocycles. The Morgan fingerprint density at radius 3 is 2.51 bits per heavy atom. The lowest BCUT2D eigenvalue weighted by atomic mass is 9.82. The molecule has 4 aromatic rings. The summed E-state index contributed by atoms with van der Waals surface area (Å²) in [6.07, 6.45) is 0. The van der Waals surface area contributed by atoms with Crippen molar-refractivity contribution in [3.8, 4) is 5.75 Å². The molecule has 0 spiro atoms. The fourth-order valence-electron chi connectivity index (χ4n) is 5.16. The van der Waals surface area contributed by atoms with Crippen LogP contribution in [0.2, 0.25) is 0 Å². The number of para-hydroxylation sites is 1. The van der Waals surface area contributed by atoms with Crippen LogP contribution in [-0.4, -0.2) is 27.0 Å². The van der Waals surface area contributed by atoms with Crippen molar-refractivity contribution >= 4 is 46.3 Å². The summed E-state index contributed by atoms with van der Waals surface area (Å²) in [6, 6.07) is 20.7. The Kier molecular flexibility index (Phi) is 6.32. The molecule has 3 aromatic carbocycles. The molecule has 2 aliphatic rings. The van der Waals surface area contributed by atoms with Gasteiger partial charge in [0.15, 0.2) is 0 Å². The number of imide groups is 1. The van der Waals surface area contributed by atoms with Gasteiger partial charge in [-0.2, -0.15) is 0 Å². The Bertz CT molecular complexity index is 1680. The van der Waals surface area contributed by atoms with Crippen LogP contribution in [0.25, 0.3) is 0 Å². The van der Waals surface area contributed by atoms with E-state index in [1.165, 1.54) is 36.0 Å². The lowest BCUT2D eigenvalue weighted by molar-refractivity contribution is -0.384. The number of nitro benzene ring substituents is 1. The maximum absolute atomic E-state index is 13.9. The zero-order valence-electron chi connectivity index (χ0n) is 20.5. The van der Waals surface area contributed by atoms with Crippen LogP contribution < -0.4 is 14.5 Å². The van der Waals surface area contributed by atoms with Crippen molar-refractivity contribution in [2.75, 3.05) is 4.90 Å². The molecule has 11 heteroatoms. The molecule has 39 heavy (non-hydrogen) atoms. The number of aromatic amines is 1. The van der Waals surface area contributed by atoms with E-state index in [2.05, 4.69) is 4.98 Å². The van der Waals surface area contributed by atoms with E-state index in [4.69, 9.17) is 4.74 Å². The fourth-order valence-corrected chi connectivity index (χ4v) is 7.67. The van der Waals surface area contributed by atoms with Crippen molar-refractivity contribution in [2.45, 2.75) is 29.7 Å². The molecular formula is C28H21N3O6S2. The summed E-state index contributed by atoms with van der Waals surface area (Å²) >= 11 is 2.20. The number of benzene rings is 3. The maximum atomic E-state index is 13.9. The number of hydrogen-bond donors (Lipinski definition) is 1. The highest BCUT2D eigenvalue weighted by molar-refractivity contribution is 8.00. The van der Waals surface area contributed by atoms with Gasteiger partial charge < -0.3 is 9.72 Å². The van der Waals surface area contributed by atoms with Crippen LogP contribution in [0.15, 0.2) is 82.6 Å². The third-order valence-corrected chi connectivity index (χ3v) is 9.27. The minimum Gasteiger partial charge on any atom is -0.489 e. The number of ether oxygens (including phenoxy) is 1. The second-order valence-corrected chi connectivity index (χ2v) is 11.5. The summed E-state index contributed by atoms with van der Waals surface area (Å²) in [4.78, 5) is 54.9. The lowest BCUT2D eigenvalue weighted by Crippen LogP contribution is -2.32. The van der Waals surface area contributed by atoms with Gasteiger partial charge in [-0.25, -0.2) is 4.90 Å². The molecule has 1 fully saturated rings. The first-order chi connectivity index (χ1) is 18.8. The topological polar surface area (TPSA) is 123 Å². The molecule has 0 aliphatic carbocycles. The van der Waals surface area contributed by atoms with E-state index in [0.29, 0.717) is 27.8 Å². The number of aryl methyl sites for hydroxylation is 1. The van der Waals surface area contributed by atoms with Gasteiger partial charge in [0.2, 0.25) is 11.8 Å². The largest absolute Gasteiger partial charge is 0.489 e. The van der Waals surface area contributed by atoms with E-state index in [1.54, 1.807) is 0 Å². The van der Waals surface area contributed by atoms with E-state index in [9.17, 15) is 24.5 Å². The average molecular weight is 560 g/mol. The van der Waals surface area contributed by atoms with Crippen molar-refractivity contribution in [3.63, 3.8) is 0 Å². The number of thioether (sulfide) groups is 1. The quantitative estimate of drug-likeness (QED) is 0.200. The molecule has 6 rings (SSSR count). The van der Waals surface area contributed by atoms with E-state index in [1.807, 2.05) is 55.5 Å². The smallest absolute Gasteiger partial charge is 0.305 e. The fraction of sp³-hybridized carbons (Fsp3) is 0.179. The zero-order chi connectivity index (χ0) is 27.3. The SMILES string of the molecule is Cc1cccc(COc2ccccc2[C@H]2c3sc(=O)[nH]c3SC3C(=O)N(c4ccc([N+](=O)[O-])cc4)C(=O)C32)c1. The van der Waals surface area contributed by atoms with Gasteiger partial charge in [-0.15, -0.1) is 0 Å². The number of thiazole rings is 1. The number of nitrogens with zero attached hydrogens (tertiary/aromatic N) is 2. The van der Waals surface area contributed by atoms with E-state index in [-0.39, 0.29) is 16.2 Å². The predicted octanol–water partition coefficient (Wildman–Crippen LogP) is 5.03. The molecule has 3 atom stereocenters. The second-order valence-electron chi connectivity index (χ2n) is 9.35. The monoisotopic (exact) mass is 559 g/mol. The molecule has 1 N–H and O–H groups in total. The molecule has 3 heterocycles. The summed E-state index contributed by atoms with van der Waals surface area (Å²) in [7, 11) is 0. The highest BCUT2D eigenvalue weighted by atomic mass is 32.2. The minimum atomic E-state index is -0.791. The summed E-state index contributed by atoms with van der Waals surface area (Å²) in [5, 5.41) is 10.9. The standard InChI is InChI=1S/C28H21N3O6S2/c1-15-5-4-6-16(13-15)14-37-20-8-3-2-7-19(20)21-22-24(38-25-23(21)39-28(34)29-25)27(33)30(26(22)32)17-9-11-18(12-10-17)31(35)36/h2-13,21-22,24H,14H2,1H3,(H,29,34)/t21-,22?,24?/m1/s1. The Morgan fingerprint density at radius 2 is 1.77 bits per heavy atom. The first-order valence-electron chi connectivity index (χ1n) is 12.1. The molecular weight excluding hydrogens is 538 g/mol. The van der Waals surface area contributed by atoms with Crippen LogP contribution in [0.5, 0.6) is 5.75 Å². The highest BCUT2D eigenvalue weighted by Crippen LogP contribution is 2.54. The molecule has 9 nitrogen and oxygen atoms in total. The van der Waals surface area contributed by atoms with Gasteiger partial charge in [0.1, 0.15) is 17.6 Å². The molecule has 0 bridgehead atoms. The van der Waals surface area contributed by atoms with Crippen molar-refractivity contribution in [1.82, 2.24) is 4.98 Å². The van der Waals surface area contributed by atoms with Crippen molar-refractivity contribution in [2.24, 2.45) is 5.92 Å². The van der Waals surface area contributed by atoms with E-state index >= 15 is 0 Å². The number of amides is 2. The Hall–Kier alpha value is -4.22. The van der Waals surface area contributed by atoms with Crippen LogP contribution in [0.1, 0.15) is 27.5 Å². The Morgan fingerprint density at radius 1 is 1.00 bits per heavy atom. The molecule has 0 radical (unpaired) electrons. The van der Waals surface area contributed by atoms with Crippen molar-refractivity contribution in [3.05, 3.63) is 114 Å². The number of nitrogens with one attached hydrogen (secondary N) is 1.